The molecule has 0 saturated carbocycles. The summed E-state index contributed by atoms with van der Waals surface area (Å²) in [5.41, 5.74) is 1.71. The molecule has 1 fully saturated rings. The number of ether oxygens (including phenoxy) is 3. The number of thioether (sulfide) groups is 1. The van der Waals surface area contributed by atoms with Crippen molar-refractivity contribution in [3.63, 3.8) is 0 Å². The third-order valence-corrected chi connectivity index (χ3v) is 5.73. The minimum absolute atomic E-state index is 0.0555. The Kier molecular flexibility index (Phi) is 6.11. The van der Waals surface area contributed by atoms with Crippen LogP contribution in [-0.2, 0) is 11.3 Å². The van der Waals surface area contributed by atoms with Crippen LogP contribution in [0.5, 0.6) is 17.2 Å². The number of halogens is 1. The Morgan fingerprint density at radius 1 is 1.04 bits per heavy atom. The summed E-state index contributed by atoms with van der Waals surface area (Å²) in [7, 11) is 4.69. The number of amides is 1. The van der Waals surface area contributed by atoms with Crippen LogP contribution < -0.4 is 14.2 Å². The highest BCUT2D eigenvalue weighted by atomic mass is 32.2. The molecular weight excluding hydrogens is 369 g/mol. The van der Waals surface area contributed by atoms with Crippen LogP contribution in [0, 0.1) is 5.82 Å². The SMILES string of the molecule is COc1ccc(C2SCCC(=O)N2Cc2ccc(F)cc2)c(OC)c1OC. The van der Waals surface area contributed by atoms with E-state index in [0.29, 0.717) is 30.2 Å². The van der Waals surface area contributed by atoms with Gasteiger partial charge in [-0.05, 0) is 29.8 Å². The molecule has 0 bridgehead atoms. The van der Waals surface area contributed by atoms with E-state index in [1.54, 1.807) is 50.1 Å². The maximum atomic E-state index is 13.2. The van der Waals surface area contributed by atoms with Crippen molar-refractivity contribution in [1.82, 2.24) is 4.90 Å². The average Bonchev–Trinajstić information content (AvgIpc) is 2.69. The first-order valence-electron chi connectivity index (χ1n) is 8.53. The molecular formula is C20H22FNO4S. The number of nitrogens with zero attached hydrogens (tertiary/aromatic N) is 1. The number of hydrogen-bond donors (Lipinski definition) is 0. The lowest BCUT2D eigenvalue weighted by atomic mass is 10.1. The Balaban J connectivity index is 1.99. The number of rotatable bonds is 6. The molecule has 7 heteroatoms. The largest absolute Gasteiger partial charge is 0.493 e. The van der Waals surface area contributed by atoms with E-state index in [2.05, 4.69) is 0 Å². The van der Waals surface area contributed by atoms with Gasteiger partial charge in [-0.3, -0.25) is 4.79 Å². The summed E-state index contributed by atoms with van der Waals surface area (Å²) >= 11 is 1.67. The van der Waals surface area contributed by atoms with Crippen molar-refractivity contribution in [3.8, 4) is 17.2 Å². The Hall–Kier alpha value is -2.41. The van der Waals surface area contributed by atoms with Gasteiger partial charge in [-0.1, -0.05) is 12.1 Å². The topological polar surface area (TPSA) is 48.0 Å². The van der Waals surface area contributed by atoms with E-state index in [0.717, 1.165) is 16.9 Å². The standard InChI is InChI=1S/C20H22FNO4S/c1-24-16-9-8-15(18(25-2)19(16)26-3)20-22(17(23)10-11-27-20)12-13-4-6-14(21)7-5-13/h4-9,20H,10-12H2,1-3H3. The van der Waals surface area contributed by atoms with Gasteiger partial charge >= 0.3 is 0 Å². The fourth-order valence-corrected chi connectivity index (χ4v) is 4.41. The summed E-state index contributed by atoms with van der Waals surface area (Å²) in [6.45, 7) is 0.397. The summed E-state index contributed by atoms with van der Waals surface area (Å²) < 4.78 is 29.6. The molecule has 1 amide bonds. The van der Waals surface area contributed by atoms with Crippen molar-refractivity contribution in [2.75, 3.05) is 27.1 Å². The van der Waals surface area contributed by atoms with Gasteiger partial charge in [0.05, 0.1) is 21.3 Å². The smallest absolute Gasteiger partial charge is 0.224 e. The molecule has 1 unspecified atom stereocenters. The lowest BCUT2D eigenvalue weighted by molar-refractivity contribution is -0.132. The van der Waals surface area contributed by atoms with Crippen molar-refractivity contribution in [2.45, 2.75) is 18.3 Å². The fraction of sp³-hybridized carbons (Fsp3) is 0.350. The molecule has 1 aliphatic rings. The third kappa shape index (κ3) is 3.98. The zero-order valence-electron chi connectivity index (χ0n) is 15.5. The van der Waals surface area contributed by atoms with Crippen molar-refractivity contribution in [3.05, 3.63) is 53.3 Å². The molecule has 0 N–H and O–H groups in total. The molecule has 27 heavy (non-hydrogen) atoms. The normalized spacial score (nSPS) is 17.0. The van der Waals surface area contributed by atoms with Gasteiger partial charge in [0.25, 0.3) is 0 Å². The molecule has 1 atom stereocenters. The molecule has 0 aromatic heterocycles. The van der Waals surface area contributed by atoms with E-state index in [9.17, 15) is 9.18 Å². The Bertz CT molecular complexity index is 812. The van der Waals surface area contributed by atoms with Crippen molar-refractivity contribution in [2.24, 2.45) is 0 Å². The van der Waals surface area contributed by atoms with Crippen molar-refractivity contribution in [1.29, 1.82) is 0 Å². The lowest BCUT2D eigenvalue weighted by Crippen LogP contribution is -2.36. The van der Waals surface area contributed by atoms with E-state index >= 15 is 0 Å². The molecule has 0 spiro atoms. The van der Waals surface area contributed by atoms with Gasteiger partial charge in [0.15, 0.2) is 11.5 Å². The fourth-order valence-electron chi connectivity index (χ4n) is 3.16. The van der Waals surface area contributed by atoms with Crippen LogP contribution >= 0.6 is 11.8 Å². The highest BCUT2D eigenvalue weighted by molar-refractivity contribution is 7.99. The molecule has 3 rings (SSSR count). The first-order chi connectivity index (χ1) is 13.1. The van der Waals surface area contributed by atoms with Crippen LogP contribution in [0.25, 0.3) is 0 Å². The van der Waals surface area contributed by atoms with Crippen molar-refractivity contribution < 1.29 is 23.4 Å². The van der Waals surface area contributed by atoms with Gasteiger partial charge in [0.1, 0.15) is 11.2 Å². The average molecular weight is 391 g/mol. The van der Waals surface area contributed by atoms with Crippen LogP contribution in [0.1, 0.15) is 22.9 Å². The molecule has 1 heterocycles. The molecule has 0 aliphatic carbocycles. The monoisotopic (exact) mass is 391 g/mol. The first kappa shape index (κ1) is 19.4. The van der Waals surface area contributed by atoms with E-state index in [1.165, 1.54) is 12.1 Å². The van der Waals surface area contributed by atoms with E-state index < -0.39 is 0 Å². The highest BCUT2D eigenvalue weighted by Gasteiger charge is 2.33. The maximum absolute atomic E-state index is 13.2. The Labute approximate surface area is 162 Å². The second-order valence-corrected chi connectivity index (χ2v) is 7.23. The Morgan fingerprint density at radius 3 is 2.37 bits per heavy atom. The quantitative estimate of drug-likeness (QED) is 0.745. The van der Waals surface area contributed by atoms with E-state index in [-0.39, 0.29) is 17.1 Å². The predicted molar refractivity (Wildman–Crippen MR) is 103 cm³/mol. The number of hydrogen-bond acceptors (Lipinski definition) is 5. The van der Waals surface area contributed by atoms with Gasteiger partial charge in [0, 0.05) is 24.3 Å². The summed E-state index contributed by atoms with van der Waals surface area (Å²) in [4.78, 5) is 14.5. The first-order valence-corrected chi connectivity index (χ1v) is 9.58. The van der Waals surface area contributed by atoms with Crippen molar-refractivity contribution >= 4 is 17.7 Å². The predicted octanol–water partition coefficient (Wildman–Crippen LogP) is 4.02. The number of methoxy groups -OCH3 is 3. The molecule has 2 aromatic carbocycles. The van der Waals surface area contributed by atoms with Crippen LogP contribution in [0.2, 0.25) is 0 Å². The molecule has 1 aliphatic heterocycles. The minimum atomic E-state index is -0.295. The number of carbonyl (C=O) groups is 1. The number of carbonyl (C=O) groups excluding carboxylic acids is 1. The number of benzene rings is 2. The molecule has 0 radical (unpaired) electrons. The van der Waals surface area contributed by atoms with Crippen LogP contribution in [0.4, 0.5) is 4.39 Å². The third-order valence-electron chi connectivity index (χ3n) is 4.46. The van der Waals surface area contributed by atoms with Gasteiger partial charge in [-0.25, -0.2) is 4.39 Å². The zero-order chi connectivity index (χ0) is 19.4. The van der Waals surface area contributed by atoms with Crippen LogP contribution in [0.3, 0.4) is 0 Å². The lowest BCUT2D eigenvalue weighted by Gasteiger charge is -2.36. The van der Waals surface area contributed by atoms with Gasteiger partial charge in [0.2, 0.25) is 11.7 Å². The molecule has 144 valence electrons. The van der Waals surface area contributed by atoms with Gasteiger partial charge < -0.3 is 19.1 Å². The maximum Gasteiger partial charge on any atom is 0.224 e. The molecule has 5 nitrogen and oxygen atoms in total. The van der Waals surface area contributed by atoms with Gasteiger partial charge in [-0.2, -0.15) is 0 Å². The summed E-state index contributed by atoms with van der Waals surface area (Å²) in [6.07, 6.45) is 0.470. The summed E-state index contributed by atoms with van der Waals surface area (Å²) in [5.74, 6) is 2.10. The van der Waals surface area contributed by atoms with Crippen LogP contribution in [0.15, 0.2) is 36.4 Å². The highest BCUT2D eigenvalue weighted by Crippen LogP contribution is 2.48. The second kappa shape index (κ2) is 8.52. The van der Waals surface area contributed by atoms with Gasteiger partial charge in [-0.15, -0.1) is 11.8 Å². The van der Waals surface area contributed by atoms with E-state index in [1.807, 2.05) is 12.1 Å². The summed E-state index contributed by atoms with van der Waals surface area (Å²) in [6, 6.07) is 9.92. The second-order valence-electron chi connectivity index (χ2n) is 6.04. The zero-order valence-corrected chi connectivity index (χ0v) is 16.3. The summed E-state index contributed by atoms with van der Waals surface area (Å²) in [5, 5.41) is -0.231. The molecule has 1 saturated heterocycles. The Morgan fingerprint density at radius 2 is 1.74 bits per heavy atom. The molecule has 2 aromatic rings. The van der Waals surface area contributed by atoms with Crippen LogP contribution in [-0.4, -0.2) is 37.9 Å². The van der Waals surface area contributed by atoms with E-state index in [4.69, 9.17) is 14.2 Å². The minimum Gasteiger partial charge on any atom is -0.493 e.